The van der Waals surface area contributed by atoms with Crippen molar-refractivity contribution in [2.75, 3.05) is 26.4 Å². The van der Waals surface area contributed by atoms with E-state index in [-0.39, 0.29) is 18.1 Å². The van der Waals surface area contributed by atoms with E-state index in [0.29, 0.717) is 12.2 Å². The molecule has 94 valence electrons. The first-order valence-electron chi connectivity index (χ1n) is 5.27. The maximum atomic E-state index is 11.7. The van der Waals surface area contributed by atoms with E-state index < -0.39 is 5.91 Å². The van der Waals surface area contributed by atoms with Crippen molar-refractivity contribution in [3.63, 3.8) is 0 Å². The number of aryl methyl sites for hydroxylation is 1. The Morgan fingerprint density at radius 3 is 2.65 bits per heavy atom. The minimum absolute atomic E-state index is 0.0652. The topological polar surface area (TPSA) is 93.2 Å². The molecule has 2 amide bonds. The molecule has 0 aliphatic heterocycles. The van der Waals surface area contributed by atoms with E-state index in [0.717, 1.165) is 0 Å². The van der Waals surface area contributed by atoms with Crippen molar-refractivity contribution in [3.05, 3.63) is 11.9 Å². The molecule has 0 spiro atoms. The van der Waals surface area contributed by atoms with E-state index in [9.17, 15) is 9.59 Å². The van der Waals surface area contributed by atoms with Crippen LogP contribution in [-0.4, -0.2) is 47.1 Å². The SMILES string of the molecule is CCn1cc(N)c(C(=O)NCC(=O)N(C)C)n1. The van der Waals surface area contributed by atoms with Crippen molar-refractivity contribution in [2.45, 2.75) is 13.5 Å². The van der Waals surface area contributed by atoms with Gasteiger partial charge in [-0.1, -0.05) is 0 Å². The number of likely N-dealkylation sites (N-methyl/N-ethyl adjacent to an activating group) is 1. The maximum absolute atomic E-state index is 11.7. The van der Waals surface area contributed by atoms with Gasteiger partial charge in [-0.15, -0.1) is 0 Å². The van der Waals surface area contributed by atoms with Gasteiger partial charge in [0.05, 0.1) is 12.2 Å². The summed E-state index contributed by atoms with van der Waals surface area (Å²) in [7, 11) is 3.24. The lowest BCUT2D eigenvalue weighted by Gasteiger charge is -2.10. The molecular weight excluding hydrogens is 222 g/mol. The van der Waals surface area contributed by atoms with Crippen molar-refractivity contribution in [1.82, 2.24) is 20.0 Å². The predicted octanol–water partition coefficient (Wildman–Crippen LogP) is -0.697. The first kappa shape index (κ1) is 13.0. The van der Waals surface area contributed by atoms with Gasteiger partial charge in [0.15, 0.2) is 5.69 Å². The summed E-state index contributed by atoms with van der Waals surface area (Å²) < 4.78 is 1.57. The average Bonchev–Trinajstić information content (AvgIpc) is 2.66. The van der Waals surface area contributed by atoms with Crippen LogP contribution in [-0.2, 0) is 11.3 Å². The molecular formula is C10H17N5O2. The molecule has 7 heteroatoms. The van der Waals surface area contributed by atoms with Crippen molar-refractivity contribution in [1.29, 1.82) is 0 Å². The summed E-state index contributed by atoms with van der Waals surface area (Å²) in [6.07, 6.45) is 1.59. The summed E-state index contributed by atoms with van der Waals surface area (Å²) in [4.78, 5) is 24.4. The normalized spacial score (nSPS) is 10.1. The van der Waals surface area contributed by atoms with E-state index in [2.05, 4.69) is 10.4 Å². The van der Waals surface area contributed by atoms with Crippen molar-refractivity contribution in [2.24, 2.45) is 0 Å². The van der Waals surface area contributed by atoms with Crippen molar-refractivity contribution in [3.8, 4) is 0 Å². The lowest BCUT2D eigenvalue weighted by Crippen LogP contribution is -2.36. The quantitative estimate of drug-likeness (QED) is 0.726. The molecule has 0 saturated carbocycles. The predicted molar refractivity (Wildman–Crippen MR) is 63.3 cm³/mol. The molecule has 0 aliphatic rings. The second-order valence-corrected chi connectivity index (χ2v) is 3.76. The highest BCUT2D eigenvalue weighted by molar-refractivity contribution is 5.98. The molecule has 7 nitrogen and oxygen atoms in total. The monoisotopic (exact) mass is 239 g/mol. The summed E-state index contributed by atoms with van der Waals surface area (Å²) in [5, 5.41) is 6.48. The van der Waals surface area contributed by atoms with Gasteiger partial charge in [-0.2, -0.15) is 5.10 Å². The fourth-order valence-electron chi connectivity index (χ4n) is 1.17. The summed E-state index contributed by atoms with van der Waals surface area (Å²) in [6.45, 7) is 2.46. The minimum atomic E-state index is -0.440. The number of carbonyl (C=O) groups excluding carboxylic acids is 2. The number of amides is 2. The van der Waals surface area contributed by atoms with Gasteiger partial charge < -0.3 is 16.0 Å². The molecule has 0 unspecified atom stereocenters. The Hall–Kier alpha value is -2.05. The molecule has 0 aliphatic carbocycles. The van der Waals surface area contributed by atoms with Gasteiger partial charge in [-0.25, -0.2) is 0 Å². The smallest absolute Gasteiger partial charge is 0.274 e. The second kappa shape index (κ2) is 5.33. The lowest BCUT2D eigenvalue weighted by molar-refractivity contribution is -0.127. The average molecular weight is 239 g/mol. The highest BCUT2D eigenvalue weighted by atomic mass is 16.2. The van der Waals surface area contributed by atoms with Crippen LogP contribution >= 0.6 is 0 Å². The van der Waals surface area contributed by atoms with Gasteiger partial charge in [0.25, 0.3) is 5.91 Å². The van der Waals surface area contributed by atoms with Gasteiger partial charge in [0.2, 0.25) is 5.91 Å². The molecule has 17 heavy (non-hydrogen) atoms. The molecule has 0 atom stereocenters. The van der Waals surface area contributed by atoms with Crippen molar-refractivity contribution < 1.29 is 9.59 Å². The number of aromatic nitrogens is 2. The molecule has 0 saturated heterocycles. The van der Waals surface area contributed by atoms with Gasteiger partial charge in [-0.05, 0) is 6.92 Å². The van der Waals surface area contributed by atoms with Gasteiger partial charge in [0, 0.05) is 26.8 Å². The molecule has 3 N–H and O–H groups in total. The Bertz CT molecular complexity index is 424. The third-order valence-electron chi connectivity index (χ3n) is 2.23. The number of nitrogen functional groups attached to an aromatic ring is 1. The van der Waals surface area contributed by atoms with Crippen LogP contribution in [0.25, 0.3) is 0 Å². The third kappa shape index (κ3) is 3.20. The fourth-order valence-corrected chi connectivity index (χ4v) is 1.17. The molecule has 1 aromatic rings. The molecule has 0 fully saturated rings. The van der Waals surface area contributed by atoms with Crippen LogP contribution in [0.3, 0.4) is 0 Å². The summed E-state index contributed by atoms with van der Waals surface area (Å²) >= 11 is 0. The van der Waals surface area contributed by atoms with Gasteiger partial charge in [-0.3, -0.25) is 14.3 Å². The number of nitrogens with one attached hydrogen (secondary N) is 1. The minimum Gasteiger partial charge on any atom is -0.396 e. The number of nitrogens with two attached hydrogens (primary N) is 1. The highest BCUT2D eigenvalue weighted by Gasteiger charge is 2.15. The Labute approximate surface area is 99.6 Å². The van der Waals surface area contributed by atoms with Crippen LogP contribution in [0.15, 0.2) is 6.20 Å². The van der Waals surface area contributed by atoms with Crippen molar-refractivity contribution >= 4 is 17.5 Å². The first-order chi connectivity index (χ1) is 7.95. The zero-order chi connectivity index (χ0) is 13.0. The van der Waals surface area contributed by atoms with Gasteiger partial charge >= 0.3 is 0 Å². The van der Waals surface area contributed by atoms with E-state index in [1.807, 2.05) is 6.92 Å². The van der Waals surface area contributed by atoms with Crippen LogP contribution in [0.5, 0.6) is 0 Å². The Morgan fingerprint density at radius 2 is 2.18 bits per heavy atom. The standard InChI is InChI=1S/C10H17N5O2/c1-4-15-6-7(11)9(13-15)10(17)12-5-8(16)14(2)3/h6H,4-5,11H2,1-3H3,(H,12,17). The summed E-state index contributed by atoms with van der Waals surface area (Å²) in [5.41, 5.74) is 6.10. The van der Waals surface area contributed by atoms with Crippen LogP contribution in [0, 0.1) is 0 Å². The maximum Gasteiger partial charge on any atom is 0.274 e. The van der Waals surface area contributed by atoms with Crippen LogP contribution in [0.2, 0.25) is 0 Å². The highest BCUT2D eigenvalue weighted by Crippen LogP contribution is 2.08. The van der Waals surface area contributed by atoms with Crippen LogP contribution < -0.4 is 11.1 Å². The number of hydrogen-bond acceptors (Lipinski definition) is 4. The zero-order valence-corrected chi connectivity index (χ0v) is 10.2. The first-order valence-corrected chi connectivity index (χ1v) is 5.27. The van der Waals surface area contributed by atoms with Crippen LogP contribution in [0.1, 0.15) is 17.4 Å². The fraction of sp³-hybridized carbons (Fsp3) is 0.500. The molecule has 1 rings (SSSR count). The lowest BCUT2D eigenvalue weighted by atomic mass is 10.3. The molecule has 1 aromatic heterocycles. The molecule has 0 bridgehead atoms. The summed E-state index contributed by atoms with van der Waals surface area (Å²) in [5.74, 6) is -0.628. The molecule has 1 heterocycles. The largest absolute Gasteiger partial charge is 0.396 e. The number of hydrogen-bond donors (Lipinski definition) is 2. The Morgan fingerprint density at radius 1 is 1.53 bits per heavy atom. The van der Waals surface area contributed by atoms with E-state index in [4.69, 9.17) is 5.73 Å². The molecule has 0 aromatic carbocycles. The number of carbonyl (C=O) groups is 2. The number of nitrogens with zero attached hydrogens (tertiary/aromatic N) is 3. The van der Waals surface area contributed by atoms with E-state index in [1.165, 1.54) is 4.90 Å². The molecule has 0 radical (unpaired) electrons. The Kier molecular flexibility index (Phi) is 4.08. The summed E-state index contributed by atoms with van der Waals surface area (Å²) in [6, 6.07) is 0. The van der Waals surface area contributed by atoms with E-state index in [1.54, 1.807) is 25.0 Å². The number of rotatable bonds is 4. The number of anilines is 1. The van der Waals surface area contributed by atoms with Crippen LogP contribution in [0.4, 0.5) is 5.69 Å². The van der Waals surface area contributed by atoms with E-state index >= 15 is 0 Å². The Balaban J connectivity index is 2.64. The third-order valence-corrected chi connectivity index (χ3v) is 2.23. The van der Waals surface area contributed by atoms with Gasteiger partial charge in [0.1, 0.15) is 0 Å². The zero-order valence-electron chi connectivity index (χ0n) is 10.2. The second-order valence-electron chi connectivity index (χ2n) is 3.76.